The van der Waals surface area contributed by atoms with Crippen molar-refractivity contribution < 1.29 is 14.4 Å². The highest BCUT2D eigenvalue weighted by Gasteiger charge is 2.24. The van der Waals surface area contributed by atoms with Crippen LogP contribution >= 0.6 is 0 Å². The molecule has 0 bridgehead atoms. The van der Waals surface area contributed by atoms with Crippen LogP contribution < -0.4 is 5.32 Å². The van der Waals surface area contributed by atoms with Crippen LogP contribution in [0.4, 0.5) is 0 Å². The summed E-state index contributed by atoms with van der Waals surface area (Å²) in [5.41, 5.74) is 1.07. The second-order valence-electron chi connectivity index (χ2n) is 6.17. The number of amides is 3. The Balaban J connectivity index is 1.77. The van der Waals surface area contributed by atoms with E-state index in [0.29, 0.717) is 63.1 Å². The molecule has 7 heteroatoms. The largest absolute Gasteiger partial charge is 0.356 e. The lowest BCUT2D eigenvalue weighted by atomic mass is 10.1. The minimum absolute atomic E-state index is 0.0276. The molecule has 1 aromatic rings. The van der Waals surface area contributed by atoms with Crippen molar-refractivity contribution in [2.24, 2.45) is 0 Å². The Morgan fingerprint density at radius 2 is 1.65 bits per heavy atom. The average molecular weight is 356 g/mol. The van der Waals surface area contributed by atoms with Gasteiger partial charge in [-0.1, -0.05) is 0 Å². The number of nitriles is 1. The maximum absolute atomic E-state index is 12.5. The van der Waals surface area contributed by atoms with Crippen molar-refractivity contribution in [2.75, 3.05) is 32.7 Å². The molecule has 2 rings (SSSR count). The summed E-state index contributed by atoms with van der Waals surface area (Å²) in [6, 6.07) is 8.59. The fourth-order valence-corrected chi connectivity index (χ4v) is 2.87. The summed E-state index contributed by atoms with van der Waals surface area (Å²) in [7, 11) is 0. The Kier molecular flexibility index (Phi) is 7.15. The zero-order valence-corrected chi connectivity index (χ0v) is 15.0. The van der Waals surface area contributed by atoms with Crippen LogP contribution in [0.1, 0.15) is 42.1 Å². The van der Waals surface area contributed by atoms with Crippen LogP contribution in [0.3, 0.4) is 0 Å². The predicted octanol–water partition coefficient (Wildman–Crippen LogP) is 1.15. The molecule has 1 heterocycles. The molecule has 1 aliphatic rings. The van der Waals surface area contributed by atoms with Gasteiger partial charge in [0.25, 0.3) is 5.91 Å². The van der Waals surface area contributed by atoms with E-state index < -0.39 is 0 Å². The lowest BCUT2D eigenvalue weighted by molar-refractivity contribution is -0.132. The van der Waals surface area contributed by atoms with Crippen LogP contribution in [0.25, 0.3) is 0 Å². The number of nitrogens with one attached hydrogen (secondary N) is 1. The van der Waals surface area contributed by atoms with E-state index >= 15 is 0 Å². The molecule has 3 amide bonds. The van der Waals surface area contributed by atoms with Gasteiger partial charge in [-0.05, 0) is 37.6 Å². The Morgan fingerprint density at radius 3 is 2.23 bits per heavy atom. The molecular formula is C19H24N4O3. The number of hydrogen-bond acceptors (Lipinski definition) is 4. The number of piperazine rings is 1. The SMILES string of the molecule is CCNC(=O)CCCC(=O)N1CCN(C(=O)c2ccc(C#N)cc2)CC1. The van der Waals surface area contributed by atoms with E-state index in [4.69, 9.17) is 5.26 Å². The first-order chi connectivity index (χ1) is 12.5. The van der Waals surface area contributed by atoms with E-state index in [0.717, 1.165) is 0 Å². The molecule has 138 valence electrons. The molecule has 0 atom stereocenters. The van der Waals surface area contributed by atoms with Crippen molar-refractivity contribution in [3.8, 4) is 6.07 Å². The molecule has 7 nitrogen and oxygen atoms in total. The number of rotatable bonds is 6. The van der Waals surface area contributed by atoms with Crippen molar-refractivity contribution >= 4 is 17.7 Å². The first-order valence-corrected chi connectivity index (χ1v) is 8.89. The molecule has 0 spiro atoms. The van der Waals surface area contributed by atoms with Crippen molar-refractivity contribution in [1.82, 2.24) is 15.1 Å². The van der Waals surface area contributed by atoms with Crippen molar-refractivity contribution in [1.29, 1.82) is 5.26 Å². The third kappa shape index (κ3) is 5.31. The summed E-state index contributed by atoms with van der Waals surface area (Å²) in [4.78, 5) is 39.6. The maximum Gasteiger partial charge on any atom is 0.253 e. The Labute approximate surface area is 153 Å². The van der Waals surface area contributed by atoms with Crippen LogP contribution in [-0.2, 0) is 9.59 Å². The van der Waals surface area contributed by atoms with Gasteiger partial charge in [-0.15, -0.1) is 0 Å². The van der Waals surface area contributed by atoms with Gasteiger partial charge < -0.3 is 15.1 Å². The highest BCUT2D eigenvalue weighted by atomic mass is 16.2. The van der Waals surface area contributed by atoms with Crippen LogP contribution in [-0.4, -0.2) is 60.2 Å². The molecule has 1 fully saturated rings. The van der Waals surface area contributed by atoms with E-state index in [1.807, 2.05) is 13.0 Å². The molecule has 0 aliphatic carbocycles. The second-order valence-corrected chi connectivity index (χ2v) is 6.17. The van der Waals surface area contributed by atoms with Crippen molar-refractivity contribution in [3.05, 3.63) is 35.4 Å². The van der Waals surface area contributed by atoms with Gasteiger partial charge in [0.1, 0.15) is 0 Å². The number of nitrogens with zero attached hydrogens (tertiary/aromatic N) is 3. The highest BCUT2D eigenvalue weighted by molar-refractivity contribution is 5.94. The zero-order chi connectivity index (χ0) is 18.9. The van der Waals surface area contributed by atoms with Gasteiger partial charge >= 0.3 is 0 Å². The van der Waals surface area contributed by atoms with E-state index in [1.165, 1.54) is 0 Å². The number of benzene rings is 1. The quantitative estimate of drug-likeness (QED) is 0.827. The molecule has 1 aromatic carbocycles. The lowest BCUT2D eigenvalue weighted by Crippen LogP contribution is -2.50. The predicted molar refractivity (Wildman–Crippen MR) is 96.2 cm³/mol. The van der Waals surface area contributed by atoms with Crippen molar-refractivity contribution in [3.63, 3.8) is 0 Å². The first-order valence-electron chi connectivity index (χ1n) is 8.89. The minimum Gasteiger partial charge on any atom is -0.356 e. The minimum atomic E-state index is -0.0853. The molecule has 1 N–H and O–H groups in total. The fraction of sp³-hybridized carbons (Fsp3) is 0.474. The molecule has 0 radical (unpaired) electrons. The third-order valence-electron chi connectivity index (χ3n) is 4.35. The van der Waals surface area contributed by atoms with Crippen LogP contribution in [0.5, 0.6) is 0 Å². The number of carbonyl (C=O) groups is 3. The van der Waals surface area contributed by atoms with Crippen molar-refractivity contribution in [2.45, 2.75) is 26.2 Å². The molecule has 0 aromatic heterocycles. The average Bonchev–Trinajstić information content (AvgIpc) is 2.67. The molecule has 1 saturated heterocycles. The highest BCUT2D eigenvalue weighted by Crippen LogP contribution is 2.11. The summed E-state index contributed by atoms with van der Waals surface area (Å²) in [6.07, 6.45) is 1.24. The van der Waals surface area contributed by atoms with E-state index in [-0.39, 0.29) is 17.7 Å². The van der Waals surface area contributed by atoms with Crippen LogP contribution in [0.2, 0.25) is 0 Å². The molecule has 1 aliphatic heterocycles. The van der Waals surface area contributed by atoms with E-state index in [1.54, 1.807) is 34.1 Å². The van der Waals surface area contributed by atoms with Gasteiger partial charge in [0.15, 0.2) is 0 Å². The summed E-state index contributed by atoms with van der Waals surface area (Å²) in [5, 5.41) is 11.5. The van der Waals surface area contributed by atoms with Gasteiger partial charge in [-0.3, -0.25) is 14.4 Å². The maximum atomic E-state index is 12.5. The third-order valence-corrected chi connectivity index (χ3v) is 4.35. The molecule has 0 saturated carbocycles. The first kappa shape index (κ1) is 19.4. The Bertz CT molecular complexity index is 686. The molecule has 0 unspecified atom stereocenters. The van der Waals surface area contributed by atoms with Gasteiger partial charge in [0, 0.05) is 51.1 Å². The lowest BCUT2D eigenvalue weighted by Gasteiger charge is -2.35. The monoisotopic (exact) mass is 356 g/mol. The molecule has 26 heavy (non-hydrogen) atoms. The normalized spacial score (nSPS) is 13.8. The van der Waals surface area contributed by atoms with E-state index in [2.05, 4.69) is 5.32 Å². The van der Waals surface area contributed by atoms with Gasteiger partial charge in [-0.25, -0.2) is 0 Å². The Hall–Kier alpha value is -2.88. The second kappa shape index (κ2) is 9.56. The summed E-state index contributed by atoms with van der Waals surface area (Å²) < 4.78 is 0. The summed E-state index contributed by atoms with van der Waals surface area (Å²) in [6.45, 7) is 4.44. The van der Waals surface area contributed by atoms with Gasteiger partial charge in [-0.2, -0.15) is 5.26 Å². The number of hydrogen-bond donors (Lipinski definition) is 1. The molecular weight excluding hydrogens is 332 g/mol. The standard InChI is InChI=1S/C19H24N4O3/c1-2-21-17(24)4-3-5-18(25)22-10-12-23(13-11-22)19(26)16-8-6-15(14-20)7-9-16/h6-9H,2-5,10-13H2,1H3,(H,21,24). The van der Waals surface area contributed by atoms with Crippen LogP contribution in [0, 0.1) is 11.3 Å². The smallest absolute Gasteiger partial charge is 0.253 e. The summed E-state index contributed by atoms with van der Waals surface area (Å²) in [5.74, 6) is -0.0873. The van der Waals surface area contributed by atoms with Gasteiger partial charge in [0.05, 0.1) is 11.6 Å². The fourth-order valence-electron chi connectivity index (χ4n) is 2.87. The topological polar surface area (TPSA) is 93.5 Å². The van der Waals surface area contributed by atoms with Gasteiger partial charge in [0.2, 0.25) is 11.8 Å². The van der Waals surface area contributed by atoms with E-state index in [9.17, 15) is 14.4 Å². The Morgan fingerprint density at radius 1 is 1.04 bits per heavy atom. The number of carbonyl (C=O) groups excluding carboxylic acids is 3. The zero-order valence-electron chi connectivity index (χ0n) is 15.0. The van der Waals surface area contributed by atoms with Crippen LogP contribution in [0.15, 0.2) is 24.3 Å². The summed E-state index contributed by atoms with van der Waals surface area (Å²) >= 11 is 0.